The number of carbonyl (C=O) groups is 2. The molecule has 0 spiro atoms. The molecular weight excluding hydrogens is 477 g/mol. The fraction of sp³-hybridized carbons (Fsp3) is 0.111. The molecule has 31 heavy (non-hydrogen) atoms. The van der Waals surface area contributed by atoms with Crippen molar-refractivity contribution in [2.75, 3.05) is 25.7 Å². The van der Waals surface area contributed by atoms with Crippen molar-refractivity contribution < 1.29 is 79.2 Å². The number of benzene rings is 2. The SMILES string of the molecule is COC(=O)c1cc(F)c2nc(N)sc2c1.COC(=O)c1ccc(N)c(F)c1.N#C[S-].[K+]. The van der Waals surface area contributed by atoms with E-state index in [4.69, 9.17) is 16.7 Å². The first-order valence-electron chi connectivity index (χ1n) is 7.76. The normalized spacial score (nSPS) is 9.00. The summed E-state index contributed by atoms with van der Waals surface area (Å²) in [7, 11) is 2.47. The van der Waals surface area contributed by atoms with E-state index in [0.29, 0.717) is 4.70 Å². The minimum absolute atomic E-state index is 0. The van der Waals surface area contributed by atoms with Crippen LogP contribution in [0.2, 0.25) is 0 Å². The number of aromatic nitrogens is 1. The monoisotopic (exact) mass is 492 g/mol. The molecule has 0 fully saturated rings. The van der Waals surface area contributed by atoms with Gasteiger partial charge in [-0.05, 0) is 30.3 Å². The predicted octanol–water partition coefficient (Wildman–Crippen LogP) is 0.0171. The molecule has 0 atom stereocenters. The zero-order valence-electron chi connectivity index (χ0n) is 16.6. The Kier molecular flexibility index (Phi) is 13.3. The molecule has 0 radical (unpaired) electrons. The van der Waals surface area contributed by atoms with Crippen LogP contribution in [0, 0.1) is 22.3 Å². The van der Waals surface area contributed by atoms with E-state index in [1.54, 1.807) is 0 Å². The second kappa shape index (κ2) is 14.2. The molecule has 8 nitrogen and oxygen atoms in total. The Labute approximate surface area is 228 Å². The molecule has 0 aliphatic heterocycles. The van der Waals surface area contributed by atoms with Crippen molar-refractivity contribution in [1.82, 2.24) is 4.98 Å². The summed E-state index contributed by atoms with van der Waals surface area (Å²) in [6.45, 7) is 0. The molecule has 0 unspecified atom stereocenters. The smallest absolute Gasteiger partial charge is 0.696 e. The van der Waals surface area contributed by atoms with Gasteiger partial charge in [-0.25, -0.2) is 28.6 Å². The molecule has 0 saturated carbocycles. The van der Waals surface area contributed by atoms with Crippen molar-refractivity contribution in [3.05, 3.63) is 53.1 Å². The van der Waals surface area contributed by atoms with Gasteiger partial charge in [0.1, 0.15) is 11.3 Å². The number of thiazole rings is 1. The average molecular weight is 493 g/mol. The van der Waals surface area contributed by atoms with Crippen molar-refractivity contribution in [2.45, 2.75) is 0 Å². The van der Waals surface area contributed by atoms with E-state index < -0.39 is 23.6 Å². The van der Waals surface area contributed by atoms with Gasteiger partial charge in [0.15, 0.2) is 10.9 Å². The number of hydrogen-bond donors (Lipinski definition) is 2. The van der Waals surface area contributed by atoms with Crippen LogP contribution in [0.4, 0.5) is 19.6 Å². The molecule has 4 N–H and O–H groups in total. The van der Waals surface area contributed by atoms with Crippen LogP contribution in [0.1, 0.15) is 20.7 Å². The van der Waals surface area contributed by atoms with Gasteiger partial charge in [-0.2, -0.15) is 0 Å². The molecule has 0 aliphatic rings. The van der Waals surface area contributed by atoms with Crippen molar-refractivity contribution in [2.24, 2.45) is 0 Å². The third-order valence-electron chi connectivity index (χ3n) is 3.31. The van der Waals surface area contributed by atoms with Crippen LogP contribution >= 0.6 is 11.3 Å². The van der Waals surface area contributed by atoms with Crippen molar-refractivity contribution in [3.63, 3.8) is 0 Å². The second-order valence-electron chi connectivity index (χ2n) is 5.17. The number of thiocyanates is 1. The number of nitriles is 1. The minimum Gasteiger partial charge on any atom is -0.696 e. The molecule has 0 amide bonds. The van der Waals surface area contributed by atoms with E-state index in [1.807, 2.05) is 0 Å². The Balaban J connectivity index is 0.000000511. The Hall–Kier alpha value is -1.92. The van der Waals surface area contributed by atoms with Gasteiger partial charge in [-0.1, -0.05) is 16.7 Å². The first kappa shape index (κ1) is 29.1. The van der Waals surface area contributed by atoms with E-state index in [1.165, 1.54) is 37.8 Å². The summed E-state index contributed by atoms with van der Waals surface area (Å²) in [6, 6.07) is 6.37. The number of carbonyl (C=O) groups excluding carboxylic acids is 2. The number of nitrogens with zero attached hydrogens (tertiary/aromatic N) is 2. The van der Waals surface area contributed by atoms with Crippen LogP contribution in [0.5, 0.6) is 0 Å². The maximum Gasteiger partial charge on any atom is 1.00 e. The minimum atomic E-state index is -0.613. The third kappa shape index (κ3) is 8.61. The Morgan fingerprint density at radius 2 is 1.58 bits per heavy atom. The standard InChI is InChI=1S/C9H7FN2O2S.C8H8FNO2.CHNS.K/c1-14-8(13)4-2-5(10)7-6(3-4)15-9(11)12-7;1-12-8(11)5-2-3-7(10)6(9)4-5;2-1-3;/h2-3H,1H3,(H2,11,12);2-4H,10H2,1H3;3H;/q;;;+1/p-1. The molecule has 3 aromatic rings. The number of fused-ring (bicyclic) bond motifs is 1. The number of esters is 2. The van der Waals surface area contributed by atoms with Gasteiger partial charge in [-0.3, -0.25) is 0 Å². The Morgan fingerprint density at radius 1 is 1.06 bits per heavy atom. The fourth-order valence-electron chi connectivity index (χ4n) is 2.01. The van der Waals surface area contributed by atoms with Crippen LogP contribution in [0.15, 0.2) is 30.3 Å². The summed E-state index contributed by atoms with van der Waals surface area (Å²) in [4.78, 5) is 25.8. The summed E-state index contributed by atoms with van der Waals surface area (Å²) in [5.41, 5.74) is 11.2. The molecular formula is C18H15F2KN4O4S2. The summed E-state index contributed by atoms with van der Waals surface area (Å²) in [6.07, 6.45) is 0. The molecule has 0 bridgehead atoms. The molecule has 1 aromatic heterocycles. The van der Waals surface area contributed by atoms with Gasteiger partial charge < -0.3 is 33.6 Å². The topological polar surface area (TPSA) is 141 Å². The maximum absolute atomic E-state index is 13.4. The van der Waals surface area contributed by atoms with Gasteiger partial charge in [0, 0.05) is 0 Å². The Morgan fingerprint density at radius 3 is 2.10 bits per heavy atom. The first-order chi connectivity index (χ1) is 14.2. The van der Waals surface area contributed by atoms with E-state index in [2.05, 4.69) is 27.1 Å². The Bertz CT molecular complexity index is 1110. The van der Waals surface area contributed by atoms with Crippen molar-refractivity contribution >= 4 is 56.9 Å². The number of hydrogen-bond acceptors (Lipinski definition) is 10. The van der Waals surface area contributed by atoms with Crippen LogP contribution in [0.3, 0.4) is 0 Å². The summed E-state index contributed by atoms with van der Waals surface area (Å²) in [5.74, 6) is -2.34. The number of nitrogen functional groups attached to an aromatic ring is 2. The fourth-order valence-corrected chi connectivity index (χ4v) is 2.80. The first-order valence-corrected chi connectivity index (χ1v) is 8.99. The molecule has 13 heteroatoms. The third-order valence-corrected chi connectivity index (χ3v) is 4.14. The van der Waals surface area contributed by atoms with Gasteiger partial charge >= 0.3 is 63.3 Å². The average Bonchev–Trinajstić information content (AvgIpc) is 3.10. The number of methoxy groups -OCH3 is 2. The summed E-state index contributed by atoms with van der Waals surface area (Å²) >= 11 is 4.83. The number of ether oxygens (including phenoxy) is 2. The van der Waals surface area contributed by atoms with E-state index in [-0.39, 0.29) is 78.8 Å². The summed E-state index contributed by atoms with van der Waals surface area (Å²) < 4.78 is 35.6. The number of rotatable bonds is 2. The quantitative estimate of drug-likeness (QED) is 0.166. The van der Waals surface area contributed by atoms with E-state index in [9.17, 15) is 18.4 Å². The molecule has 0 aliphatic carbocycles. The molecule has 2 aromatic carbocycles. The van der Waals surface area contributed by atoms with Crippen LogP contribution in [-0.2, 0) is 22.1 Å². The molecule has 1 heterocycles. The maximum atomic E-state index is 13.4. The predicted molar refractivity (Wildman–Crippen MR) is 110 cm³/mol. The number of halogens is 2. The number of nitrogens with two attached hydrogens (primary N) is 2. The van der Waals surface area contributed by atoms with Crippen LogP contribution in [-0.4, -0.2) is 31.1 Å². The largest absolute Gasteiger partial charge is 1.00 e. The van der Waals surface area contributed by atoms with E-state index >= 15 is 0 Å². The summed E-state index contributed by atoms with van der Waals surface area (Å²) in [5, 5.41) is 8.74. The van der Waals surface area contributed by atoms with Gasteiger partial charge in [0.2, 0.25) is 0 Å². The zero-order valence-corrected chi connectivity index (χ0v) is 21.4. The van der Waals surface area contributed by atoms with Gasteiger partial charge in [-0.15, -0.1) is 0 Å². The van der Waals surface area contributed by atoms with Crippen molar-refractivity contribution in [1.29, 1.82) is 5.26 Å². The van der Waals surface area contributed by atoms with Gasteiger partial charge in [0.25, 0.3) is 0 Å². The second-order valence-corrected chi connectivity index (χ2v) is 6.41. The zero-order chi connectivity index (χ0) is 22.8. The molecule has 158 valence electrons. The molecule has 0 saturated heterocycles. The molecule has 3 rings (SSSR count). The number of anilines is 2. The van der Waals surface area contributed by atoms with Gasteiger partial charge in [0.05, 0.1) is 35.7 Å². The van der Waals surface area contributed by atoms with Crippen LogP contribution < -0.4 is 62.9 Å². The van der Waals surface area contributed by atoms with E-state index in [0.717, 1.165) is 23.5 Å². The van der Waals surface area contributed by atoms with Crippen molar-refractivity contribution in [3.8, 4) is 5.40 Å². The van der Waals surface area contributed by atoms with Crippen LogP contribution in [0.25, 0.3) is 10.2 Å².